The molecule has 0 saturated heterocycles. The molecule has 2 rings (SSSR count). The summed E-state index contributed by atoms with van der Waals surface area (Å²) in [5, 5.41) is 19.0. The van der Waals surface area contributed by atoms with Crippen LogP contribution in [0.25, 0.3) is 10.9 Å². The predicted molar refractivity (Wildman–Crippen MR) is 63.6 cm³/mol. The van der Waals surface area contributed by atoms with E-state index in [0.717, 1.165) is 16.5 Å². The van der Waals surface area contributed by atoms with Crippen molar-refractivity contribution in [1.29, 1.82) is 0 Å². The molecule has 0 spiro atoms. The second kappa shape index (κ2) is 4.62. The average molecular weight is 223 g/mol. The van der Waals surface area contributed by atoms with E-state index in [2.05, 4.69) is 4.98 Å². The Bertz CT molecular complexity index is 476. The highest BCUT2D eigenvalue weighted by atomic mass is 35.5. The summed E-state index contributed by atoms with van der Waals surface area (Å²) in [4.78, 5) is 4.22. The van der Waals surface area contributed by atoms with Gasteiger partial charge in [-0.3, -0.25) is 4.98 Å². The molecule has 1 aromatic carbocycles. The minimum absolute atomic E-state index is 0. The molecule has 2 N–H and O–H groups in total. The summed E-state index contributed by atoms with van der Waals surface area (Å²) in [5.74, 6) is 0. The van der Waals surface area contributed by atoms with E-state index in [9.17, 15) is 0 Å². The van der Waals surface area contributed by atoms with Crippen LogP contribution in [-0.4, -0.2) is 22.2 Å². The number of rotatable bonds is 1. The average Bonchev–Trinajstić information content (AvgIpc) is 2.17. The lowest BCUT2D eigenvalue weighted by atomic mass is 9.79. The highest BCUT2D eigenvalue weighted by Crippen LogP contribution is 2.13. The molecule has 0 bridgehead atoms. The van der Waals surface area contributed by atoms with Crippen LogP contribution in [0.15, 0.2) is 30.5 Å². The van der Waals surface area contributed by atoms with Crippen LogP contribution in [-0.2, 0) is 0 Å². The van der Waals surface area contributed by atoms with Gasteiger partial charge in [0, 0.05) is 11.6 Å². The first-order valence-electron chi connectivity index (χ1n) is 4.40. The number of aromatic nitrogens is 1. The van der Waals surface area contributed by atoms with Gasteiger partial charge in [0.1, 0.15) is 0 Å². The summed E-state index contributed by atoms with van der Waals surface area (Å²) in [5.41, 5.74) is 2.35. The first-order valence-corrected chi connectivity index (χ1v) is 4.40. The monoisotopic (exact) mass is 223 g/mol. The fourth-order valence-corrected chi connectivity index (χ4v) is 1.55. The fraction of sp³-hybridized carbons (Fsp3) is 0.100. The van der Waals surface area contributed by atoms with Gasteiger partial charge in [-0.1, -0.05) is 18.2 Å². The van der Waals surface area contributed by atoms with Crippen molar-refractivity contribution in [3.63, 3.8) is 0 Å². The molecule has 0 aliphatic carbocycles. The van der Waals surface area contributed by atoms with E-state index in [0.29, 0.717) is 5.46 Å². The summed E-state index contributed by atoms with van der Waals surface area (Å²) in [6, 6.07) is 7.20. The van der Waals surface area contributed by atoms with Crippen LogP contribution in [0.1, 0.15) is 5.56 Å². The molecule has 15 heavy (non-hydrogen) atoms. The van der Waals surface area contributed by atoms with Crippen molar-refractivity contribution < 1.29 is 10.0 Å². The standard InChI is InChI=1S/C10H10BNO2.ClH/c1-7-5-9(11(13)14)6-8-3-2-4-12-10(7)8;/h2-6,13-14H,1H3;1H. The minimum Gasteiger partial charge on any atom is -0.423 e. The molecule has 1 heterocycles. The third-order valence-electron chi connectivity index (χ3n) is 2.22. The number of halogens is 1. The normalized spacial score (nSPS) is 9.80. The van der Waals surface area contributed by atoms with Crippen LogP contribution in [0, 0.1) is 6.92 Å². The van der Waals surface area contributed by atoms with Gasteiger partial charge < -0.3 is 10.0 Å². The maximum absolute atomic E-state index is 9.04. The van der Waals surface area contributed by atoms with Crippen molar-refractivity contribution in [2.75, 3.05) is 0 Å². The van der Waals surface area contributed by atoms with Gasteiger partial charge in [0.05, 0.1) is 5.52 Å². The smallest absolute Gasteiger partial charge is 0.423 e. The molecule has 0 aliphatic rings. The Morgan fingerprint density at radius 2 is 2.00 bits per heavy atom. The van der Waals surface area contributed by atoms with E-state index in [1.165, 1.54) is 0 Å². The summed E-state index contributed by atoms with van der Waals surface area (Å²) in [6.07, 6.45) is 1.73. The maximum atomic E-state index is 9.04. The van der Waals surface area contributed by atoms with E-state index in [1.54, 1.807) is 18.3 Å². The molecule has 78 valence electrons. The van der Waals surface area contributed by atoms with Gasteiger partial charge in [-0.15, -0.1) is 12.4 Å². The van der Waals surface area contributed by atoms with Crippen molar-refractivity contribution in [3.8, 4) is 0 Å². The van der Waals surface area contributed by atoms with Gasteiger partial charge in [0.2, 0.25) is 0 Å². The van der Waals surface area contributed by atoms with Crippen molar-refractivity contribution >= 4 is 35.9 Å². The molecule has 0 radical (unpaired) electrons. The number of fused-ring (bicyclic) bond motifs is 1. The van der Waals surface area contributed by atoms with E-state index in [1.807, 2.05) is 19.1 Å². The Hall–Kier alpha value is -1.10. The number of pyridine rings is 1. The largest absolute Gasteiger partial charge is 0.488 e. The molecule has 2 aromatic rings. The van der Waals surface area contributed by atoms with Crippen LogP contribution in [0.3, 0.4) is 0 Å². The number of aryl methyl sites for hydroxylation is 1. The Morgan fingerprint density at radius 3 is 2.67 bits per heavy atom. The number of hydrogen-bond donors (Lipinski definition) is 2. The highest BCUT2D eigenvalue weighted by molar-refractivity contribution is 6.59. The van der Waals surface area contributed by atoms with Crippen molar-refractivity contribution in [3.05, 3.63) is 36.0 Å². The first kappa shape index (κ1) is 12.0. The van der Waals surface area contributed by atoms with Crippen LogP contribution < -0.4 is 5.46 Å². The lowest BCUT2D eigenvalue weighted by Gasteiger charge is -2.05. The molecular formula is C10H11BClNO2. The van der Waals surface area contributed by atoms with Crippen molar-refractivity contribution in [2.24, 2.45) is 0 Å². The Kier molecular flexibility index (Phi) is 3.69. The van der Waals surface area contributed by atoms with Crippen LogP contribution in [0.2, 0.25) is 0 Å². The van der Waals surface area contributed by atoms with Crippen LogP contribution >= 0.6 is 12.4 Å². The molecule has 0 amide bonds. The Balaban J connectivity index is 0.00000112. The first-order chi connectivity index (χ1) is 6.68. The molecule has 1 aromatic heterocycles. The van der Waals surface area contributed by atoms with Gasteiger partial charge in [-0.25, -0.2) is 0 Å². The number of benzene rings is 1. The SMILES string of the molecule is Cc1cc(B(O)O)cc2cccnc12.Cl. The van der Waals surface area contributed by atoms with E-state index in [4.69, 9.17) is 10.0 Å². The fourth-order valence-electron chi connectivity index (χ4n) is 1.55. The number of hydrogen-bond acceptors (Lipinski definition) is 3. The maximum Gasteiger partial charge on any atom is 0.488 e. The summed E-state index contributed by atoms with van der Waals surface area (Å²) in [6.45, 7) is 1.90. The van der Waals surface area contributed by atoms with Crippen LogP contribution in [0.4, 0.5) is 0 Å². The predicted octanol–water partition coefficient (Wildman–Crippen LogP) is 0.645. The zero-order valence-corrected chi connectivity index (χ0v) is 9.03. The summed E-state index contributed by atoms with van der Waals surface area (Å²) in [7, 11) is -1.42. The molecule has 3 nitrogen and oxygen atoms in total. The topological polar surface area (TPSA) is 53.4 Å². The molecule has 0 saturated carbocycles. The van der Waals surface area contributed by atoms with E-state index < -0.39 is 7.12 Å². The second-order valence-corrected chi connectivity index (χ2v) is 3.29. The zero-order valence-electron chi connectivity index (χ0n) is 8.21. The molecular weight excluding hydrogens is 212 g/mol. The Morgan fingerprint density at radius 1 is 1.27 bits per heavy atom. The van der Waals surface area contributed by atoms with Crippen LogP contribution in [0.5, 0.6) is 0 Å². The van der Waals surface area contributed by atoms with Gasteiger partial charge in [0.15, 0.2) is 0 Å². The van der Waals surface area contributed by atoms with Gasteiger partial charge >= 0.3 is 7.12 Å². The van der Waals surface area contributed by atoms with Crippen molar-refractivity contribution in [2.45, 2.75) is 6.92 Å². The minimum atomic E-state index is -1.42. The summed E-state index contributed by atoms with van der Waals surface area (Å²) < 4.78 is 0. The van der Waals surface area contributed by atoms with E-state index in [-0.39, 0.29) is 12.4 Å². The highest BCUT2D eigenvalue weighted by Gasteiger charge is 2.12. The molecule has 5 heteroatoms. The van der Waals surface area contributed by atoms with Gasteiger partial charge in [0.25, 0.3) is 0 Å². The van der Waals surface area contributed by atoms with E-state index >= 15 is 0 Å². The third kappa shape index (κ3) is 2.29. The zero-order chi connectivity index (χ0) is 10.1. The lowest BCUT2D eigenvalue weighted by Crippen LogP contribution is -2.29. The lowest BCUT2D eigenvalue weighted by molar-refractivity contribution is 0.426. The molecule has 0 atom stereocenters. The second-order valence-electron chi connectivity index (χ2n) is 3.29. The van der Waals surface area contributed by atoms with Gasteiger partial charge in [-0.2, -0.15) is 0 Å². The third-order valence-corrected chi connectivity index (χ3v) is 2.22. The quantitative estimate of drug-likeness (QED) is 0.698. The molecule has 0 fully saturated rings. The summed E-state index contributed by atoms with van der Waals surface area (Å²) >= 11 is 0. The van der Waals surface area contributed by atoms with Crippen molar-refractivity contribution in [1.82, 2.24) is 4.98 Å². The Labute approximate surface area is 94.3 Å². The number of nitrogens with zero attached hydrogens (tertiary/aromatic N) is 1. The van der Waals surface area contributed by atoms with Gasteiger partial charge in [-0.05, 0) is 24.0 Å². The molecule has 0 unspecified atom stereocenters. The molecule has 0 aliphatic heterocycles.